The fraction of sp³-hybridized carbons (Fsp3) is 0.765. The highest BCUT2D eigenvalue weighted by Crippen LogP contribution is 2.37. The van der Waals surface area contributed by atoms with Crippen LogP contribution >= 0.6 is 11.6 Å². The van der Waals surface area contributed by atoms with Crippen LogP contribution in [0.3, 0.4) is 0 Å². The molecule has 1 aromatic heterocycles. The summed E-state index contributed by atoms with van der Waals surface area (Å²) in [6, 6.07) is 0. The number of ether oxygens (including phenoxy) is 1. The highest BCUT2D eigenvalue weighted by atomic mass is 35.5. The van der Waals surface area contributed by atoms with Crippen LogP contribution < -0.4 is 0 Å². The van der Waals surface area contributed by atoms with Gasteiger partial charge in [0.2, 0.25) is 0 Å². The lowest BCUT2D eigenvalue weighted by Crippen LogP contribution is -2.22. The monoisotopic (exact) mass is 310 g/mol. The molecule has 1 heterocycles. The SMILES string of the molecule is CCOC(c1nc(C)c(C(C)C)c(Cl)n1)C1CCCCC1. The van der Waals surface area contributed by atoms with E-state index in [-0.39, 0.29) is 6.10 Å². The molecule has 2 rings (SSSR count). The van der Waals surface area contributed by atoms with Crippen molar-refractivity contribution >= 4 is 11.6 Å². The van der Waals surface area contributed by atoms with Gasteiger partial charge in [-0.2, -0.15) is 0 Å². The minimum absolute atomic E-state index is 0.00675. The zero-order chi connectivity index (χ0) is 15.4. The first-order valence-electron chi connectivity index (χ1n) is 8.20. The van der Waals surface area contributed by atoms with Gasteiger partial charge in [0, 0.05) is 17.9 Å². The average molecular weight is 311 g/mol. The molecule has 0 radical (unpaired) electrons. The van der Waals surface area contributed by atoms with Gasteiger partial charge in [0.15, 0.2) is 5.82 Å². The molecule has 1 unspecified atom stereocenters. The van der Waals surface area contributed by atoms with Crippen molar-refractivity contribution in [3.05, 3.63) is 22.2 Å². The normalized spacial score (nSPS) is 18.2. The van der Waals surface area contributed by atoms with Gasteiger partial charge in [0.25, 0.3) is 0 Å². The number of hydrogen-bond donors (Lipinski definition) is 0. The molecule has 1 aromatic rings. The third-order valence-electron chi connectivity index (χ3n) is 4.36. The van der Waals surface area contributed by atoms with Gasteiger partial charge >= 0.3 is 0 Å². The maximum atomic E-state index is 6.41. The molecule has 1 saturated carbocycles. The summed E-state index contributed by atoms with van der Waals surface area (Å²) in [4.78, 5) is 9.31. The van der Waals surface area contributed by atoms with Crippen LogP contribution in [0.5, 0.6) is 0 Å². The maximum Gasteiger partial charge on any atom is 0.159 e. The van der Waals surface area contributed by atoms with E-state index < -0.39 is 0 Å². The first-order valence-corrected chi connectivity index (χ1v) is 8.57. The van der Waals surface area contributed by atoms with E-state index in [9.17, 15) is 0 Å². The average Bonchev–Trinajstić information content (AvgIpc) is 2.44. The van der Waals surface area contributed by atoms with Gasteiger partial charge in [-0.15, -0.1) is 0 Å². The Bertz CT molecular complexity index is 447. The lowest BCUT2D eigenvalue weighted by Gasteiger charge is -2.29. The van der Waals surface area contributed by atoms with Crippen molar-refractivity contribution in [3.63, 3.8) is 0 Å². The summed E-state index contributed by atoms with van der Waals surface area (Å²) in [7, 11) is 0. The van der Waals surface area contributed by atoms with E-state index in [1.54, 1.807) is 0 Å². The molecule has 0 N–H and O–H groups in total. The van der Waals surface area contributed by atoms with Crippen molar-refractivity contribution < 1.29 is 4.74 Å². The summed E-state index contributed by atoms with van der Waals surface area (Å²) < 4.78 is 5.99. The van der Waals surface area contributed by atoms with Crippen molar-refractivity contribution in [1.82, 2.24) is 9.97 Å². The zero-order valence-corrected chi connectivity index (χ0v) is 14.4. The molecule has 1 fully saturated rings. The summed E-state index contributed by atoms with van der Waals surface area (Å²) in [5, 5.41) is 0.591. The van der Waals surface area contributed by atoms with Gasteiger partial charge in [0.1, 0.15) is 11.3 Å². The fourth-order valence-electron chi connectivity index (χ4n) is 3.39. The van der Waals surface area contributed by atoms with Crippen molar-refractivity contribution in [1.29, 1.82) is 0 Å². The number of aryl methyl sites for hydroxylation is 1. The predicted molar refractivity (Wildman–Crippen MR) is 86.8 cm³/mol. The van der Waals surface area contributed by atoms with Gasteiger partial charge in [-0.25, -0.2) is 9.97 Å². The molecule has 3 nitrogen and oxygen atoms in total. The van der Waals surface area contributed by atoms with E-state index in [0.29, 0.717) is 23.6 Å². The first kappa shape index (κ1) is 16.7. The standard InChI is InChI=1S/C17H27ClN2O/c1-5-21-15(13-9-7-6-8-10-13)17-19-12(4)14(11(2)3)16(18)20-17/h11,13,15H,5-10H2,1-4H3. The first-order chi connectivity index (χ1) is 10.0. The highest BCUT2D eigenvalue weighted by Gasteiger charge is 2.29. The minimum atomic E-state index is -0.00675. The summed E-state index contributed by atoms with van der Waals surface area (Å²) >= 11 is 6.41. The Morgan fingerprint density at radius 3 is 2.38 bits per heavy atom. The Morgan fingerprint density at radius 1 is 1.19 bits per heavy atom. The van der Waals surface area contributed by atoms with Crippen molar-refractivity contribution in [3.8, 4) is 0 Å². The van der Waals surface area contributed by atoms with Crippen molar-refractivity contribution in [2.45, 2.75) is 71.8 Å². The molecule has 0 aliphatic heterocycles. The van der Waals surface area contributed by atoms with Gasteiger partial charge in [0.05, 0.1) is 0 Å². The second-order valence-corrected chi connectivity index (χ2v) is 6.66. The lowest BCUT2D eigenvalue weighted by molar-refractivity contribution is -0.000318. The summed E-state index contributed by atoms with van der Waals surface area (Å²) in [6.45, 7) is 8.99. The van der Waals surface area contributed by atoms with Gasteiger partial charge in [-0.1, -0.05) is 44.7 Å². The Morgan fingerprint density at radius 2 is 1.86 bits per heavy atom. The van der Waals surface area contributed by atoms with E-state index >= 15 is 0 Å². The molecule has 0 bridgehead atoms. The third-order valence-corrected chi connectivity index (χ3v) is 4.65. The van der Waals surface area contributed by atoms with Crippen LogP contribution in [0.1, 0.15) is 82.0 Å². The Balaban J connectivity index is 2.31. The molecular weight excluding hydrogens is 284 g/mol. The van der Waals surface area contributed by atoms with Gasteiger partial charge < -0.3 is 4.74 Å². The molecular formula is C17H27ClN2O. The van der Waals surface area contributed by atoms with Crippen LogP contribution in [0.4, 0.5) is 0 Å². The lowest BCUT2D eigenvalue weighted by atomic mass is 9.84. The Kier molecular flexibility index (Phi) is 6.00. The van der Waals surface area contributed by atoms with E-state index in [1.165, 1.54) is 32.1 Å². The van der Waals surface area contributed by atoms with E-state index in [1.807, 2.05) is 13.8 Å². The van der Waals surface area contributed by atoms with E-state index in [0.717, 1.165) is 17.1 Å². The van der Waals surface area contributed by atoms with Crippen LogP contribution in [0.25, 0.3) is 0 Å². The molecule has 21 heavy (non-hydrogen) atoms. The Labute approximate surface area is 133 Å². The molecule has 1 aliphatic carbocycles. The number of halogens is 1. The Hall–Kier alpha value is -0.670. The van der Waals surface area contributed by atoms with Gasteiger partial charge in [-0.05, 0) is 38.5 Å². The number of hydrogen-bond acceptors (Lipinski definition) is 3. The minimum Gasteiger partial charge on any atom is -0.370 e. The second kappa shape index (κ2) is 7.55. The predicted octanol–water partition coefficient (Wildman–Crippen LogP) is 5.22. The third kappa shape index (κ3) is 3.95. The zero-order valence-electron chi connectivity index (χ0n) is 13.7. The molecule has 1 atom stereocenters. The topological polar surface area (TPSA) is 35.0 Å². The van der Waals surface area contributed by atoms with Crippen LogP contribution in [-0.2, 0) is 4.74 Å². The molecule has 1 aliphatic rings. The van der Waals surface area contributed by atoms with Crippen LogP contribution in [0.2, 0.25) is 5.15 Å². The van der Waals surface area contributed by atoms with E-state index in [2.05, 4.69) is 18.8 Å². The van der Waals surface area contributed by atoms with Gasteiger partial charge in [-0.3, -0.25) is 0 Å². The molecule has 4 heteroatoms. The second-order valence-electron chi connectivity index (χ2n) is 6.30. The summed E-state index contributed by atoms with van der Waals surface area (Å²) in [5.41, 5.74) is 2.04. The number of nitrogens with zero attached hydrogens (tertiary/aromatic N) is 2. The molecule has 0 saturated heterocycles. The molecule has 118 valence electrons. The quantitative estimate of drug-likeness (QED) is 0.699. The number of aromatic nitrogens is 2. The van der Waals surface area contributed by atoms with Crippen molar-refractivity contribution in [2.75, 3.05) is 6.61 Å². The van der Waals surface area contributed by atoms with E-state index in [4.69, 9.17) is 21.3 Å². The van der Waals surface area contributed by atoms with Crippen LogP contribution in [0.15, 0.2) is 0 Å². The molecule has 0 aromatic carbocycles. The maximum absolute atomic E-state index is 6.41. The van der Waals surface area contributed by atoms with Crippen LogP contribution in [0, 0.1) is 12.8 Å². The smallest absolute Gasteiger partial charge is 0.159 e. The van der Waals surface area contributed by atoms with Crippen molar-refractivity contribution in [2.24, 2.45) is 5.92 Å². The summed E-state index contributed by atoms with van der Waals surface area (Å²) in [6.07, 6.45) is 6.30. The molecule has 0 spiro atoms. The fourth-order valence-corrected chi connectivity index (χ4v) is 3.83. The molecule has 0 amide bonds. The largest absolute Gasteiger partial charge is 0.370 e. The van der Waals surface area contributed by atoms with Crippen LogP contribution in [-0.4, -0.2) is 16.6 Å². The summed E-state index contributed by atoms with van der Waals surface area (Å²) in [5.74, 6) is 1.64. The number of rotatable bonds is 5. The highest BCUT2D eigenvalue weighted by molar-refractivity contribution is 6.30.